The van der Waals surface area contributed by atoms with E-state index >= 15 is 0 Å². The highest BCUT2D eigenvalue weighted by molar-refractivity contribution is 5.88. The molecule has 1 fully saturated rings. The number of carbonyl (C=O) groups is 1. The highest BCUT2D eigenvalue weighted by Gasteiger charge is 2.22. The third kappa shape index (κ3) is 2.39. The summed E-state index contributed by atoms with van der Waals surface area (Å²) < 4.78 is 19.0. The maximum Gasteiger partial charge on any atom is 0.335 e. The van der Waals surface area contributed by atoms with Crippen LogP contribution < -0.4 is 4.90 Å². The van der Waals surface area contributed by atoms with Gasteiger partial charge in [-0.15, -0.1) is 0 Å². The maximum absolute atomic E-state index is 13.8. The van der Waals surface area contributed by atoms with Crippen LogP contribution in [-0.2, 0) is 4.74 Å². The van der Waals surface area contributed by atoms with Gasteiger partial charge in [0, 0.05) is 13.7 Å². The normalized spacial score (nSPS) is 19.3. The molecule has 1 aliphatic heterocycles. The number of carboxylic acids is 1. The molecule has 1 aromatic carbocycles. The van der Waals surface area contributed by atoms with Crippen molar-refractivity contribution in [3.8, 4) is 0 Å². The van der Waals surface area contributed by atoms with Gasteiger partial charge < -0.3 is 14.7 Å². The minimum atomic E-state index is -1.12. The molecule has 2 rings (SSSR count). The van der Waals surface area contributed by atoms with Crippen LogP contribution in [0, 0.1) is 5.82 Å². The summed E-state index contributed by atoms with van der Waals surface area (Å²) in [5.74, 6) is -1.64. The van der Waals surface area contributed by atoms with Crippen molar-refractivity contribution in [3.63, 3.8) is 0 Å². The van der Waals surface area contributed by atoms with E-state index < -0.39 is 11.8 Å². The lowest BCUT2D eigenvalue weighted by Crippen LogP contribution is -2.32. The predicted molar refractivity (Wildman–Crippen MR) is 61.0 cm³/mol. The second kappa shape index (κ2) is 4.71. The average molecular weight is 239 g/mol. The topological polar surface area (TPSA) is 49.8 Å². The Morgan fingerprint density at radius 1 is 1.59 bits per heavy atom. The SMILES string of the molecule is CN(c1ccc(C(=O)O)cc1F)C1CCOC1. The molecule has 1 saturated heterocycles. The van der Waals surface area contributed by atoms with E-state index in [4.69, 9.17) is 9.84 Å². The van der Waals surface area contributed by atoms with Crippen molar-refractivity contribution in [3.05, 3.63) is 29.6 Å². The molecule has 1 unspecified atom stereocenters. The third-order valence-corrected chi connectivity index (χ3v) is 3.03. The predicted octanol–water partition coefficient (Wildman–Crippen LogP) is 1.75. The first-order chi connectivity index (χ1) is 8.09. The van der Waals surface area contributed by atoms with E-state index in [-0.39, 0.29) is 11.6 Å². The zero-order valence-corrected chi connectivity index (χ0v) is 9.52. The summed E-state index contributed by atoms with van der Waals surface area (Å²) in [4.78, 5) is 12.5. The molecule has 1 aliphatic rings. The first kappa shape index (κ1) is 11.9. The van der Waals surface area contributed by atoms with E-state index in [1.165, 1.54) is 12.1 Å². The van der Waals surface area contributed by atoms with E-state index in [9.17, 15) is 9.18 Å². The minimum Gasteiger partial charge on any atom is -0.478 e. The summed E-state index contributed by atoms with van der Waals surface area (Å²) in [5, 5.41) is 8.75. The number of likely N-dealkylation sites (N-methyl/N-ethyl adjacent to an activating group) is 1. The van der Waals surface area contributed by atoms with E-state index in [1.54, 1.807) is 11.9 Å². The number of nitrogens with zero attached hydrogens (tertiary/aromatic N) is 1. The monoisotopic (exact) mass is 239 g/mol. The van der Waals surface area contributed by atoms with Crippen LogP contribution in [0.15, 0.2) is 18.2 Å². The quantitative estimate of drug-likeness (QED) is 0.873. The van der Waals surface area contributed by atoms with Crippen molar-refractivity contribution < 1.29 is 19.0 Å². The Bertz CT molecular complexity index is 430. The van der Waals surface area contributed by atoms with Gasteiger partial charge in [-0.1, -0.05) is 0 Å². The summed E-state index contributed by atoms with van der Waals surface area (Å²) in [5.41, 5.74) is 0.368. The van der Waals surface area contributed by atoms with Crippen LogP contribution in [0.1, 0.15) is 16.8 Å². The van der Waals surface area contributed by atoms with Crippen LogP contribution in [0.25, 0.3) is 0 Å². The molecule has 92 valence electrons. The van der Waals surface area contributed by atoms with Gasteiger partial charge in [-0.2, -0.15) is 0 Å². The van der Waals surface area contributed by atoms with Crippen LogP contribution in [0.4, 0.5) is 10.1 Å². The van der Waals surface area contributed by atoms with Gasteiger partial charge in [-0.05, 0) is 24.6 Å². The van der Waals surface area contributed by atoms with E-state index in [1.807, 2.05) is 0 Å². The number of halogens is 1. The molecule has 1 N–H and O–H groups in total. The highest BCUT2D eigenvalue weighted by Crippen LogP contribution is 2.24. The van der Waals surface area contributed by atoms with Crippen LogP contribution in [0.5, 0.6) is 0 Å². The molecule has 5 heteroatoms. The number of benzene rings is 1. The van der Waals surface area contributed by atoms with Crippen LogP contribution in [0.3, 0.4) is 0 Å². The van der Waals surface area contributed by atoms with Crippen LogP contribution >= 0.6 is 0 Å². The standard InChI is InChI=1S/C12H14FNO3/c1-14(9-4-5-17-7-9)11-3-2-8(12(15)16)6-10(11)13/h2-3,6,9H,4-5,7H2,1H3,(H,15,16). The van der Waals surface area contributed by atoms with Crippen molar-refractivity contribution in [1.82, 2.24) is 0 Å². The van der Waals surface area contributed by atoms with Gasteiger partial charge in [0.25, 0.3) is 0 Å². The molecule has 0 spiro atoms. The second-order valence-corrected chi connectivity index (χ2v) is 4.10. The van der Waals surface area contributed by atoms with Crippen molar-refractivity contribution in [2.45, 2.75) is 12.5 Å². The fourth-order valence-corrected chi connectivity index (χ4v) is 1.95. The fraction of sp³-hybridized carbons (Fsp3) is 0.417. The lowest BCUT2D eigenvalue weighted by atomic mass is 10.1. The first-order valence-electron chi connectivity index (χ1n) is 5.43. The number of carboxylic acid groups (broad SMARTS) is 1. The minimum absolute atomic E-state index is 0.0395. The Balaban J connectivity index is 2.23. The lowest BCUT2D eigenvalue weighted by Gasteiger charge is -2.25. The summed E-state index contributed by atoms with van der Waals surface area (Å²) in [7, 11) is 1.79. The Morgan fingerprint density at radius 2 is 2.35 bits per heavy atom. The van der Waals surface area contributed by atoms with Crippen molar-refractivity contribution in [2.24, 2.45) is 0 Å². The summed E-state index contributed by atoms with van der Waals surface area (Å²) in [6, 6.07) is 4.11. The summed E-state index contributed by atoms with van der Waals surface area (Å²) in [6.07, 6.45) is 0.858. The van der Waals surface area contributed by atoms with E-state index in [0.717, 1.165) is 12.5 Å². The molecule has 0 aliphatic carbocycles. The zero-order chi connectivity index (χ0) is 12.4. The molecule has 17 heavy (non-hydrogen) atoms. The Morgan fingerprint density at radius 3 is 2.88 bits per heavy atom. The molecule has 4 nitrogen and oxygen atoms in total. The summed E-state index contributed by atoms with van der Waals surface area (Å²) in [6.45, 7) is 1.26. The van der Waals surface area contributed by atoms with E-state index in [2.05, 4.69) is 0 Å². The van der Waals surface area contributed by atoms with Crippen molar-refractivity contribution in [1.29, 1.82) is 0 Å². The number of anilines is 1. The van der Waals surface area contributed by atoms with Gasteiger partial charge in [0.2, 0.25) is 0 Å². The molecule has 0 bridgehead atoms. The fourth-order valence-electron chi connectivity index (χ4n) is 1.95. The Labute approximate surface area is 98.6 Å². The molecular formula is C12H14FNO3. The van der Waals surface area contributed by atoms with Crippen molar-refractivity contribution in [2.75, 3.05) is 25.2 Å². The Kier molecular flexibility index (Phi) is 3.28. The second-order valence-electron chi connectivity index (χ2n) is 4.10. The lowest BCUT2D eigenvalue weighted by molar-refractivity contribution is 0.0696. The number of hydrogen-bond donors (Lipinski definition) is 1. The Hall–Kier alpha value is -1.62. The molecule has 1 aromatic rings. The average Bonchev–Trinajstić information content (AvgIpc) is 2.81. The van der Waals surface area contributed by atoms with Crippen LogP contribution in [-0.4, -0.2) is 37.4 Å². The zero-order valence-electron chi connectivity index (χ0n) is 9.52. The van der Waals surface area contributed by atoms with Crippen LogP contribution in [0.2, 0.25) is 0 Å². The number of ether oxygens (including phenoxy) is 1. The third-order valence-electron chi connectivity index (χ3n) is 3.03. The molecular weight excluding hydrogens is 225 g/mol. The van der Waals surface area contributed by atoms with Gasteiger partial charge in [0.05, 0.1) is 23.9 Å². The smallest absolute Gasteiger partial charge is 0.335 e. The van der Waals surface area contributed by atoms with E-state index in [0.29, 0.717) is 18.9 Å². The summed E-state index contributed by atoms with van der Waals surface area (Å²) >= 11 is 0. The first-order valence-corrected chi connectivity index (χ1v) is 5.43. The van der Waals surface area contributed by atoms with Gasteiger partial charge in [0.1, 0.15) is 5.82 Å². The number of aromatic carboxylic acids is 1. The molecule has 1 atom stereocenters. The number of rotatable bonds is 3. The molecule has 0 saturated carbocycles. The molecule has 0 amide bonds. The van der Waals surface area contributed by atoms with Gasteiger partial charge in [-0.3, -0.25) is 0 Å². The van der Waals surface area contributed by atoms with Crippen molar-refractivity contribution >= 4 is 11.7 Å². The highest BCUT2D eigenvalue weighted by atomic mass is 19.1. The molecule has 1 heterocycles. The maximum atomic E-state index is 13.8. The van der Waals surface area contributed by atoms with Gasteiger partial charge >= 0.3 is 5.97 Å². The van der Waals surface area contributed by atoms with Gasteiger partial charge in [-0.25, -0.2) is 9.18 Å². The largest absolute Gasteiger partial charge is 0.478 e. The molecule has 0 radical (unpaired) electrons. The van der Waals surface area contributed by atoms with Gasteiger partial charge in [0.15, 0.2) is 0 Å². The molecule has 0 aromatic heterocycles. The number of hydrogen-bond acceptors (Lipinski definition) is 3.